The van der Waals surface area contributed by atoms with Crippen LogP contribution in [0.5, 0.6) is 0 Å². The van der Waals surface area contributed by atoms with Crippen LogP contribution in [0.3, 0.4) is 0 Å². The molecule has 0 spiro atoms. The Morgan fingerprint density at radius 2 is 2.00 bits per heavy atom. The molecule has 5 rings (SSSR count). The van der Waals surface area contributed by atoms with E-state index >= 15 is 0 Å². The van der Waals surface area contributed by atoms with E-state index in [0.29, 0.717) is 17.4 Å². The van der Waals surface area contributed by atoms with Crippen LogP contribution in [-0.4, -0.2) is 39.7 Å². The zero-order valence-corrected chi connectivity index (χ0v) is 17.1. The first kappa shape index (κ1) is 18.5. The van der Waals surface area contributed by atoms with Gasteiger partial charge in [-0.3, -0.25) is 0 Å². The predicted octanol–water partition coefficient (Wildman–Crippen LogP) is 4.06. The number of hydrogen-bond donors (Lipinski definition) is 1. The van der Waals surface area contributed by atoms with E-state index in [-0.39, 0.29) is 0 Å². The maximum Gasteiger partial charge on any atom is 0.221 e. The number of aromatic amines is 1. The Morgan fingerprint density at radius 3 is 2.77 bits per heavy atom. The number of aryl methyl sites for hydroxylation is 1. The van der Waals surface area contributed by atoms with Crippen molar-refractivity contribution in [1.82, 2.24) is 39.7 Å². The first-order valence-electron chi connectivity index (χ1n) is 9.74. The Kier molecular flexibility index (Phi) is 4.76. The van der Waals surface area contributed by atoms with Crippen LogP contribution < -0.4 is 0 Å². The normalized spacial score (nSPS) is 11.4. The molecule has 0 radical (unpaired) electrons. The van der Waals surface area contributed by atoms with Gasteiger partial charge in [0.05, 0.1) is 17.3 Å². The summed E-state index contributed by atoms with van der Waals surface area (Å²) in [6, 6.07) is 14.1. The molecule has 0 aliphatic carbocycles. The number of halogens is 1. The molecule has 9 heteroatoms. The molecule has 4 heterocycles. The van der Waals surface area contributed by atoms with Crippen molar-refractivity contribution >= 4 is 22.8 Å². The van der Waals surface area contributed by atoms with E-state index in [9.17, 15) is 0 Å². The first-order chi connectivity index (χ1) is 14.7. The van der Waals surface area contributed by atoms with E-state index in [1.54, 1.807) is 0 Å². The summed E-state index contributed by atoms with van der Waals surface area (Å²) in [7, 11) is 0. The number of pyridine rings is 1. The summed E-state index contributed by atoms with van der Waals surface area (Å²) in [5.41, 5.74) is 4.76. The van der Waals surface area contributed by atoms with Crippen molar-refractivity contribution in [3.8, 4) is 17.2 Å². The Bertz CT molecular complexity index is 1280. The molecule has 1 N–H and O–H groups in total. The van der Waals surface area contributed by atoms with Crippen molar-refractivity contribution in [3.05, 3.63) is 71.3 Å². The highest BCUT2D eigenvalue weighted by Crippen LogP contribution is 2.26. The van der Waals surface area contributed by atoms with Gasteiger partial charge in [0.25, 0.3) is 0 Å². The van der Waals surface area contributed by atoms with Crippen molar-refractivity contribution < 1.29 is 0 Å². The lowest BCUT2D eigenvalue weighted by Gasteiger charge is -2.11. The highest BCUT2D eigenvalue weighted by Gasteiger charge is 2.14. The van der Waals surface area contributed by atoms with E-state index in [1.165, 1.54) is 5.56 Å². The maximum absolute atomic E-state index is 6.24. The van der Waals surface area contributed by atoms with Gasteiger partial charge in [-0.15, -0.1) is 10.2 Å². The zero-order chi connectivity index (χ0) is 20.5. The van der Waals surface area contributed by atoms with Crippen molar-refractivity contribution in [2.75, 3.05) is 0 Å². The Labute approximate surface area is 177 Å². The van der Waals surface area contributed by atoms with Gasteiger partial charge in [0.15, 0.2) is 5.65 Å². The fourth-order valence-electron chi connectivity index (χ4n) is 3.62. The second kappa shape index (κ2) is 7.72. The molecular weight excluding hydrogens is 400 g/mol. The molecule has 0 atom stereocenters. The third kappa shape index (κ3) is 3.35. The predicted molar refractivity (Wildman–Crippen MR) is 115 cm³/mol. The van der Waals surface area contributed by atoms with Crippen LogP contribution in [0.2, 0.25) is 5.02 Å². The maximum atomic E-state index is 6.24. The topological polar surface area (TPSA) is 90.1 Å². The van der Waals surface area contributed by atoms with Crippen LogP contribution in [0.25, 0.3) is 28.4 Å². The number of imidazole rings is 1. The van der Waals surface area contributed by atoms with Crippen LogP contribution in [0, 0.1) is 0 Å². The lowest BCUT2D eigenvalue weighted by Crippen LogP contribution is -2.06. The number of nitrogens with one attached hydrogen (secondary N) is 1. The molecule has 1 aromatic carbocycles. The third-order valence-corrected chi connectivity index (χ3v) is 5.18. The molecule has 4 aromatic heterocycles. The molecule has 5 aromatic rings. The standard InChI is InChI=1S/C21H19ClN8/c1-2-4-19-24-17-5-3-10-23-21(17)30(19)12-14-6-8-16(9-7-14)29-13-15(22)11-18(29)20-25-27-28-26-20/h3,5-11,13H,2,4,12H2,1H3,(H,25,26,27,28). The number of tetrazole rings is 1. The molecular formula is C21H19ClN8. The molecule has 150 valence electrons. The first-order valence-corrected chi connectivity index (χ1v) is 10.1. The van der Waals surface area contributed by atoms with Crippen molar-refractivity contribution in [2.45, 2.75) is 26.3 Å². The monoisotopic (exact) mass is 418 g/mol. The minimum atomic E-state index is 0.492. The van der Waals surface area contributed by atoms with Gasteiger partial charge in [-0.05, 0) is 47.5 Å². The number of fused-ring (bicyclic) bond motifs is 1. The zero-order valence-electron chi connectivity index (χ0n) is 16.3. The van der Waals surface area contributed by atoms with Gasteiger partial charge in [0.1, 0.15) is 11.3 Å². The average molecular weight is 419 g/mol. The largest absolute Gasteiger partial charge is 0.312 e. The summed E-state index contributed by atoms with van der Waals surface area (Å²) in [6.07, 6.45) is 5.61. The Balaban J connectivity index is 1.48. The molecule has 30 heavy (non-hydrogen) atoms. The molecule has 0 aliphatic heterocycles. The quantitative estimate of drug-likeness (QED) is 0.449. The summed E-state index contributed by atoms with van der Waals surface area (Å²) in [6.45, 7) is 2.88. The highest BCUT2D eigenvalue weighted by atomic mass is 35.5. The van der Waals surface area contributed by atoms with Gasteiger partial charge in [-0.1, -0.05) is 30.7 Å². The molecule has 8 nitrogen and oxygen atoms in total. The highest BCUT2D eigenvalue weighted by molar-refractivity contribution is 6.30. The number of aromatic nitrogens is 8. The van der Waals surface area contributed by atoms with E-state index in [0.717, 1.165) is 41.2 Å². The molecule has 0 saturated heterocycles. The minimum Gasteiger partial charge on any atom is -0.312 e. The summed E-state index contributed by atoms with van der Waals surface area (Å²) >= 11 is 6.24. The van der Waals surface area contributed by atoms with Crippen LogP contribution in [0.4, 0.5) is 0 Å². The summed E-state index contributed by atoms with van der Waals surface area (Å²) in [5, 5.41) is 14.9. The lowest BCUT2D eigenvalue weighted by atomic mass is 10.2. The second-order valence-corrected chi connectivity index (χ2v) is 7.46. The van der Waals surface area contributed by atoms with E-state index in [2.05, 4.69) is 61.4 Å². The third-order valence-electron chi connectivity index (χ3n) is 4.97. The van der Waals surface area contributed by atoms with Crippen molar-refractivity contribution in [3.63, 3.8) is 0 Å². The van der Waals surface area contributed by atoms with Gasteiger partial charge in [0, 0.05) is 24.5 Å². The van der Waals surface area contributed by atoms with E-state index in [4.69, 9.17) is 16.6 Å². The fourth-order valence-corrected chi connectivity index (χ4v) is 3.82. The minimum absolute atomic E-state index is 0.492. The van der Waals surface area contributed by atoms with E-state index < -0.39 is 0 Å². The van der Waals surface area contributed by atoms with Crippen LogP contribution in [0.1, 0.15) is 24.7 Å². The second-order valence-electron chi connectivity index (χ2n) is 7.03. The molecule has 0 aliphatic rings. The smallest absolute Gasteiger partial charge is 0.221 e. The van der Waals surface area contributed by atoms with Gasteiger partial charge in [-0.25, -0.2) is 9.97 Å². The number of hydrogen-bond acceptors (Lipinski definition) is 5. The van der Waals surface area contributed by atoms with Gasteiger partial charge in [0.2, 0.25) is 5.82 Å². The number of H-pyrrole nitrogens is 1. The fraction of sp³-hybridized carbons (Fsp3) is 0.190. The SMILES string of the molecule is CCCc1nc2cccnc2n1Cc1ccc(-n2cc(Cl)cc2-c2nn[nH]n2)cc1. The van der Waals surface area contributed by atoms with Gasteiger partial charge < -0.3 is 9.13 Å². The molecule has 0 saturated carbocycles. The molecule has 0 unspecified atom stereocenters. The summed E-state index contributed by atoms with van der Waals surface area (Å²) < 4.78 is 4.15. The molecule has 0 fully saturated rings. The summed E-state index contributed by atoms with van der Waals surface area (Å²) in [4.78, 5) is 9.31. The van der Waals surface area contributed by atoms with Gasteiger partial charge in [-0.2, -0.15) is 5.21 Å². The van der Waals surface area contributed by atoms with Gasteiger partial charge >= 0.3 is 0 Å². The number of benzene rings is 1. The van der Waals surface area contributed by atoms with E-state index in [1.807, 2.05) is 35.2 Å². The van der Waals surface area contributed by atoms with Crippen molar-refractivity contribution in [2.24, 2.45) is 0 Å². The Hall–Kier alpha value is -3.52. The molecule has 0 amide bonds. The van der Waals surface area contributed by atoms with Crippen LogP contribution in [0.15, 0.2) is 54.9 Å². The molecule has 0 bridgehead atoms. The lowest BCUT2D eigenvalue weighted by molar-refractivity contribution is 0.716. The number of nitrogens with zero attached hydrogens (tertiary/aromatic N) is 7. The van der Waals surface area contributed by atoms with Crippen molar-refractivity contribution in [1.29, 1.82) is 0 Å². The van der Waals surface area contributed by atoms with Crippen LogP contribution in [-0.2, 0) is 13.0 Å². The van der Waals surface area contributed by atoms with Crippen LogP contribution >= 0.6 is 11.6 Å². The summed E-state index contributed by atoms with van der Waals surface area (Å²) in [5.74, 6) is 1.55. The Morgan fingerprint density at radius 1 is 1.13 bits per heavy atom. The average Bonchev–Trinajstić information content (AvgIpc) is 3.49. The number of rotatable bonds is 6.